The van der Waals surface area contributed by atoms with E-state index < -0.39 is 0 Å². The van der Waals surface area contributed by atoms with Crippen LogP contribution in [0, 0.1) is 0 Å². The lowest BCUT2D eigenvalue weighted by Gasteiger charge is -2.31. The third-order valence-corrected chi connectivity index (χ3v) is 3.56. The summed E-state index contributed by atoms with van der Waals surface area (Å²) in [7, 11) is 3.85. The molecule has 1 N–H and O–H groups in total. The number of anilines is 2. The Morgan fingerprint density at radius 3 is 2.47 bits per heavy atom. The van der Waals surface area contributed by atoms with Crippen molar-refractivity contribution in [3.8, 4) is 0 Å². The largest absolute Gasteiger partial charge is 0.363 e. The van der Waals surface area contributed by atoms with Crippen molar-refractivity contribution in [2.24, 2.45) is 0 Å². The van der Waals surface area contributed by atoms with E-state index >= 15 is 0 Å². The number of alkyl halides is 1. The third kappa shape index (κ3) is 3.46. The molecule has 96 valence electrons. The number of hydrogen-bond acceptors (Lipinski definition) is 4. The first kappa shape index (κ1) is 14.0. The first-order chi connectivity index (χ1) is 8.06. The van der Waals surface area contributed by atoms with E-state index in [0.29, 0.717) is 11.8 Å². The Hall–Kier alpha value is -1.03. The maximum Gasteiger partial charge on any atom is 0.226 e. The molecule has 0 atom stereocenters. The molecule has 0 amide bonds. The molecule has 1 aromatic heterocycles. The zero-order valence-electron chi connectivity index (χ0n) is 11.0. The summed E-state index contributed by atoms with van der Waals surface area (Å²) in [6.07, 6.45) is 3.69. The van der Waals surface area contributed by atoms with E-state index in [1.807, 2.05) is 25.1 Å². The van der Waals surface area contributed by atoms with Crippen LogP contribution >= 0.6 is 11.6 Å². The standard InChI is InChI=1S/C12H21ClN4/c1-5-12(6-2,9-13)16-10-7-8-14-11(15-10)17(3)4/h7-8H,5-6,9H2,1-4H3,(H,14,15,16). The van der Waals surface area contributed by atoms with Gasteiger partial charge in [-0.05, 0) is 18.9 Å². The van der Waals surface area contributed by atoms with Crippen LogP contribution in [0.5, 0.6) is 0 Å². The fourth-order valence-corrected chi connectivity index (χ4v) is 2.00. The highest BCUT2D eigenvalue weighted by atomic mass is 35.5. The Balaban J connectivity index is 2.90. The van der Waals surface area contributed by atoms with Gasteiger partial charge in [0.05, 0.1) is 5.54 Å². The van der Waals surface area contributed by atoms with Crippen LogP contribution < -0.4 is 10.2 Å². The van der Waals surface area contributed by atoms with E-state index in [1.165, 1.54) is 0 Å². The van der Waals surface area contributed by atoms with Gasteiger partial charge in [0, 0.05) is 26.2 Å². The molecular formula is C12H21ClN4. The molecule has 0 radical (unpaired) electrons. The zero-order valence-corrected chi connectivity index (χ0v) is 11.8. The van der Waals surface area contributed by atoms with Crippen molar-refractivity contribution in [3.63, 3.8) is 0 Å². The lowest BCUT2D eigenvalue weighted by Crippen LogP contribution is -2.39. The van der Waals surface area contributed by atoms with Gasteiger partial charge in [-0.15, -0.1) is 11.6 Å². The zero-order chi connectivity index (χ0) is 12.9. The molecule has 1 aromatic rings. The molecule has 0 aromatic carbocycles. The van der Waals surface area contributed by atoms with E-state index in [0.717, 1.165) is 18.7 Å². The second-order valence-corrected chi connectivity index (χ2v) is 4.65. The lowest BCUT2D eigenvalue weighted by molar-refractivity contribution is 0.482. The first-order valence-corrected chi connectivity index (χ1v) is 6.45. The van der Waals surface area contributed by atoms with Crippen molar-refractivity contribution >= 4 is 23.4 Å². The second kappa shape index (κ2) is 6.05. The quantitative estimate of drug-likeness (QED) is 0.795. The average Bonchev–Trinajstić information content (AvgIpc) is 2.36. The average molecular weight is 257 g/mol. The number of nitrogens with one attached hydrogen (secondary N) is 1. The lowest BCUT2D eigenvalue weighted by atomic mass is 9.95. The summed E-state index contributed by atoms with van der Waals surface area (Å²) in [5.74, 6) is 2.10. The molecule has 0 aliphatic rings. The molecular weight excluding hydrogens is 236 g/mol. The molecule has 0 unspecified atom stereocenters. The summed E-state index contributed by atoms with van der Waals surface area (Å²) >= 11 is 6.06. The summed E-state index contributed by atoms with van der Waals surface area (Å²) in [6.45, 7) is 4.26. The minimum atomic E-state index is -0.0838. The van der Waals surface area contributed by atoms with E-state index in [9.17, 15) is 0 Å². The van der Waals surface area contributed by atoms with Gasteiger partial charge >= 0.3 is 0 Å². The molecule has 0 aliphatic heterocycles. The predicted molar refractivity (Wildman–Crippen MR) is 74.0 cm³/mol. The van der Waals surface area contributed by atoms with Gasteiger partial charge in [0.15, 0.2) is 0 Å². The van der Waals surface area contributed by atoms with E-state index in [4.69, 9.17) is 11.6 Å². The molecule has 0 bridgehead atoms. The topological polar surface area (TPSA) is 41.1 Å². The summed E-state index contributed by atoms with van der Waals surface area (Å²) in [6, 6.07) is 1.87. The number of nitrogens with zero attached hydrogens (tertiary/aromatic N) is 3. The van der Waals surface area contributed by atoms with Crippen LogP contribution in [-0.2, 0) is 0 Å². The molecule has 0 saturated heterocycles. The fourth-order valence-electron chi connectivity index (χ4n) is 1.55. The van der Waals surface area contributed by atoms with Crippen molar-refractivity contribution in [1.82, 2.24) is 9.97 Å². The maximum absolute atomic E-state index is 6.06. The minimum Gasteiger partial charge on any atom is -0.363 e. The van der Waals surface area contributed by atoms with Gasteiger partial charge < -0.3 is 10.2 Å². The van der Waals surface area contributed by atoms with Gasteiger partial charge in [-0.2, -0.15) is 4.98 Å². The Kier molecular flexibility index (Phi) is 5.00. The van der Waals surface area contributed by atoms with Gasteiger partial charge in [0.1, 0.15) is 5.82 Å². The molecule has 0 aliphatic carbocycles. The Morgan fingerprint density at radius 1 is 1.35 bits per heavy atom. The molecule has 0 spiro atoms. The van der Waals surface area contributed by atoms with Crippen LogP contribution in [0.1, 0.15) is 26.7 Å². The molecule has 1 rings (SSSR count). The summed E-state index contributed by atoms with van der Waals surface area (Å²) < 4.78 is 0. The van der Waals surface area contributed by atoms with Gasteiger partial charge in [-0.3, -0.25) is 0 Å². The Bertz CT molecular complexity index is 342. The predicted octanol–water partition coefficient (Wildman–Crippen LogP) is 2.75. The van der Waals surface area contributed by atoms with Gasteiger partial charge in [0.25, 0.3) is 0 Å². The van der Waals surface area contributed by atoms with E-state index in [1.54, 1.807) is 6.20 Å². The molecule has 1 heterocycles. The normalized spacial score (nSPS) is 11.4. The maximum atomic E-state index is 6.06. The smallest absolute Gasteiger partial charge is 0.226 e. The van der Waals surface area contributed by atoms with Crippen molar-refractivity contribution < 1.29 is 0 Å². The van der Waals surface area contributed by atoms with Gasteiger partial charge in [-0.1, -0.05) is 13.8 Å². The molecule has 5 heteroatoms. The Labute approximate surface area is 108 Å². The summed E-state index contributed by atoms with van der Waals surface area (Å²) in [5.41, 5.74) is -0.0838. The van der Waals surface area contributed by atoms with Crippen LogP contribution in [0.4, 0.5) is 11.8 Å². The Morgan fingerprint density at radius 2 is 2.00 bits per heavy atom. The molecule has 4 nitrogen and oxygen atoms in total. The number of hydrogen-bond donors (Lipinski definition) is 1. The van der Waals surface area contributed by atoms with Crippen LogP contribution in [0.15, 0.2) is 12.3 Å². The van der Waals surface area contributed by atoms with Crippen LogP contribution in [0.25, 0.3) is 0 Å². The van der Waals surface area contributed by atoms with Crippen LogP contribution in [0.2, 0.25) is 0 Å². The van der Waals surface area contributed by atoms with Crippen LogP contribution in [0.3, 0.4) is 0 Å². The second-order valence-electron chi connectivity index (χ2n) is 4.38. The van der Waals surface area contributed by atoms with Crippen molar-refractivity contribution in [2.75, 3.05) is 30.2 Å². The van der Waals surface area contributed by atoms with Crippen molar-refractivity contribution in [3.05, 3.63) is 12.3 Å². The van der Waals surface area contributed by atoms with Gasteiger partial charge in [0.2, 0.25) is 5.95 Å². The SMILES string of the molecule is CCC(CC)(CCl)Nc1ccnc(N(C)C)n1. The van der Waals surface area contributed by atoms with Crippen LogP contribution in [-0.4, -0.2) is 35.5 Å². The highest BCUT2D eigenvalue weighted by molar-refractivity contribution is 6.18. The first-order valence-electron chi connectivity index (χ1n) is 5.91. The van der Waals surface area contributed by atoms with Gasteiger partial charge in [-0.25, -0.2) is 4.98 Å². The summed E-state index contributed by atoms with van der Waals surface area (Å²) in [5, 5.41) is 3.43. The number of rotatable bonds is 6. The highest BCUT2D eigenvalue weighted by Crippen LogP contribution is 2.23. The van der Waals surface area contributed by atoms with Crippen molar-refractivity contribution in [2.45, 2.75) is 32.2 Å². The number of halogens is 1. The monoisotopic (exact) mass is 256 g/mol. The number of aromatic nitrogens is 2. The minimum absolute atomic E-state index is 0.0838. The fraction of sp³-hybridized carbons (Fsp3) is 0.667. The third-order valence-electron chi connectivity index (χ3n) is 3.05. The van der Waals surface area contributed by atoms with E-state index in [-0.39, 0.29) is 5.54 Å². The molecule has 17 heavy (non-hydrogen) atoms. The summed E-state index contributed by atoms with van der Waals surface area (Å²) in [4.78, 5) is 10.5. The highest BCUT2D eigenvalue weighted by Gasteiger charge is 2.25. The van der Waals surface area contributed by atoms with Crippen molar-refractivity contribution in [1.29, 1.82) is 0 Å². The molecule has 0 saturated carbocycles. The van der Waals surface area contributed by atoms with E-state index in [2.05, 4.69) is 29.1 Å². The molecule has 0 fully saturated rings.